The summed E-state index contributed by atoms with van der Waals surface area (Å²) >= 11 is 16.7. The molecule has 3 aromatic carbocycles. The second-order valence-corrected chi connectivity index (χ2v) is 12.8. The fraction of sp³-hybridized carbons (Fsp3) is 0.258. The van der Waals surface area contributed by atoms with Crippen molar-refractivity contribution in [2.75, 3.05) is 6.61 Å². The van der Waals surface area contributed by atoms with Crippen LogP contribution in [0.15, 0.2) is 72.8 Å². The molecule has 0 aliphatic carbocycles. The fourth-order valence-corrected chi connectivity index (χ4v) is 5.99. The number of carboxylic acid groups (broad SMARTS) is 1. The summed E-state index contributed by atoms with van der Waals surface area (Å²) < 4.78 is 52.1. The second-order valence-electron chi connectivity index (χ2n) is 9.64. The molecule has 1 aromatic heterocycles. The van der Waals surface area contributed by atoms with Gasteiger partial charge in [-0.2, -0.15) is 13.2 Å². The number of aliphatic carboxylic acids is 1. The maximum absolute atomic E-state index is 13.0. The van der Waals surface area contributed by atoms with Crippen LogP contribution >= 0.6 is 57.1 Å². The van der Waals surface area contributed by atoms with Crippen LogP contribution in [0.4, 0.5) is 13.2 Å². The molecular formula is C31H26Cl2F3IO4S. The summed E-state index contributed by atoms with van der Waals surface area (Å²) in [4.78, 5) is 12.9. The largest absolute Gasteiger partial charge is 0.491 e. The van der Waals surface area contributed by atoms with Crippen LogP contribution < -0.4 is 4.74 Å². The third kappa shape index (κ3) is 8.63. The van der Waals surface area contributed by atoms with Crippen molar-refractivity contribution in [3.05, 3.63) is 108 Å². The van der Waals surface area contributed by atoms with Crippen LogP contribution in [0.2, 0.25) is 10.0 Å². The van der Waals surface area contributed by atoms with E-state index in [0.717, 1.165) is 36.6 Å². The molecule has 0 saturated carbocycles. The molecule has 4 aromatic rings. The van der Waals surface area contributed by atoms with Crippen molar-refractivity contribution in [2.45, 2.75) is 38.7 Å². The average molecular weight is 749 g/mol. The fourth-order valence-electron chi connectivity index (χ4n) is 4.04. The van der Waals surface area contributed by atoms with Gasteiger partial charge in [-0.1, -0.05) is 53.5 Å². The summed E-state index contributed by atoms with van der Waals surface area (Å²) in [6.07, 6.45) is -3.63. The van der Waals surface area contributed by atoms with Crippen molar-refractivity contribution in [3.63, 3.8) is 0 Å². The number of halogens is 6. The molecule has 42 heavy (non-hydrogen) atoms. The van der Waals surface area contributed by atoms with Crippen LogP contribution in [0.25, 0.3) is 10.4 Å². The summed E-state index contributed by atoms with van der Waals surface area (Å²) in [6.45, 7) is 1.87. The summed E-state index contributed by atoms with van der Waals surface area (Å²) in [5.74, 6) is -1.37. The van der Waals surface area contributed by atoms with Gasteiger partial charge < -0.3 is 14.6 Å². The Hall–Kier alpha value is -2.31. The first kappa shape index (κ1) is 32.6. The Labute approximate surface area is 269 Å². The van der Waals surface area contributed by atoms with E-state index >= 15 is 0 Å². The Morgan fingerprint density at radius 3 is 2.31 bits per heavy atom. The van der Waals surface area contributed by atoms with Crippen molar-refractivity contribution in [1.29, 1.82) is 0 Å². The molecule has 1 heterocycles. The Morgan fingerprint density at radius 1 is 0.976 bits per heavy atom. The lowest BCUT2D eigenvalue weighted by molar-refractivity contribution is -0.142. The van der Waals surface area contributed by atoms with E-state index in [2.05, 4.69) is 22.6 Å². The number of hydrogen-bond donors (Lipinski definition) is 1. The van der Waals surface area contributed by atoms with Gasteiger partial charge in [0.15, 0.2) is 0 Å². The van der Waals surface area contributed by atoms with E-state index in [0.29, 0.717) is 35.8 Å². The van der Waals surface area contributed by atoms with Crippen molar-refractivity contribution in [3.8, 4) is 16.2 Å². The number of ether oxygens (including phenoxy) is 2. The number of carbonyl (C=O) groups is 1. The van der Waals surface area contributed by atoms with E-state index in [1.165, 1.54) is 30.4 Å². The predicted molar refractivity (Wildman–Crippen MR) is 169 cm³/mol. The van der Waals surface area contributed by atoms with Gasteiger partial charge in [-0.05, 0) is 102 Å². The zero-order valence-corrected chi connectivity index (χ0v) is 26.7. The highest BCUT2D eigenvalue weighted by Gasteiger charge is 2.30. The molecule has 0 bridgehead atoms. The van der Waals surface area contributed by atoms with Gasteiger partial charge in [-0.15, -0.1) is 11.3 Å². The Morgan fingerprint density at radius 2 is 1.67 bits per heavy atom. The van der Waals surface area contributed by atoms with Gasteiger partial charge in [-0.25, -0.2) is 0 Å². The van der Waals surface area contributed by atoms with Gasteiger partial charge in [0, 0.05) is 13.3 Å². The molecule has 11 heteroatoms. The molecular weight excluding hydrogens is 723 g/mol. The lowest BCUT2D eigenvalue weighted by atomic mass is 10.0. The quantitative estimate of drug-likeness (QED) is 0.147. The predicted octanol–water partition coefficient (Wildman–Crippen LogP) is 10.3. The molecule has 0 radical (unpaired) electrons. The number of carboxylic acids is 1. The smallest absolute Gasteiger partial charge is 0.416 e. The zero-order chi connectivity index (χ0) is 30.4. The van der Waals surface area contributed by atoms with Gasteiger partial charge in [-0.3, -0.25) is 4.79 Å². The van der Waals surface area contributed by atoms with E-state index in [9.17, 15) is 18.0 Å². The van der Waals surface area contributed by atoms with E-state index in [-0.39, 0.29) is 17.7 Å². The van der Waals surface area contributed by atoms with Crippen LogP contribution in [-0.4, -0.2) is 17.7 Å². The van der Waals surface area contributed by atoms with Gasteiger partial charge >= 0.3 is 12.1 Å². The molecule has 0 amide bonds. The monoisotopic (exact) mass is 748 g/mol. The molecule has 2 atom stereocenters. The Balaban J connectivity index is 1.52. The van der Waals surface area contributed by atoms with Crippen LogP contribution in [0.1, 0.15) is 41.0 Å². The Bertz CT molecular complexity index is 1510. The van der Waals surface area contributed by atoms with Crippen LogP contribution in [0, 0.1) is 9.49 Å². The maximum Gasteiger partial charge on any atom is 0.416 e. The number of thiophene rings is 1. The van der Waals surface area contributed by atoms with E-state index in [1.807, 2.05) is 36.4 Å². The van der Waals surface area contributed by atoms with Crippen molar-refractivity contribution in [1.82, 2.24) is 0 Å². The Kier molecular flexibility index (Phi) is 11.2. The highest BCUT2D eigenvalue weighted by molar-refractivity contribution is 14.1. The molecule has 0 saturated heterocycles. The summed E-state index contributed by atoms with van der Waals surface area (Å²) in [7, 11) is 0. The number of alkyl halides is 3. The molecule has 0 fully saturated rings. The van der Waals surface area contributed by atoms with Gasteiger partial charge in [0.25, 0.3) is 0 Å². The van der Waals surface area contributed by atoms with Crippen LogP contribution in [0.3, 0.4) is 0 Å². The molecule has 2 unspecified atom stereocenters. The number of benzene rings is 3. The number of aryl methyl sites for hydroxylation is 1. The van der Waals surface area contributed by atoms with Crippen LogP contribution in [0.5, 0.6) is 5.75 Å². The average Bonchev–Trinajstić information content (AvgIpc) is 3.45. The van der Waals surface area contributed by atoms with Gasteiger partial charge in [0.1, 0.15) is 17.4 Å². The first-order valence-electron chi connectivity index (χ1n) is 12.9. The highest BCUT2D eigenvalue weighted by atomic mass is 127. The molecule has 222 valence electrons. The van der Waals surface area contributed by atoms with E-state index in [4.69, 9.17) is 37.8 Å². The molecule has 4 nitrogen and oxygen atoms in total. The first-order chi connectivity index (χ1) is 19.9. The normalized spacial score (nSPS) is 13.1. The minimum absolute atomic E-state index is 0.0428. The zero-order valence-electron chi connectivity index (χ0n) is 22.3. The first-order valence-corrected chi connectivity index (χ1v) is 15.5. The SMILES string of the molecule is CC(COc1ccc(CCC(OCc2ccc(I)cc2)c2ccc(-c3ccc(C(F)(F)F)cc3)s2)c(Cl)c1Cl)C(=O)O. The lowest BCUT2D eigenvalue weighted by Crippen LogP contribution is -2.18. The number of hydrogen-bond acceptors (Lipinski definition) is 4. The topological polar surface area (TPSA) is 55.8 Å². The minimum Gasteiger partial charge on any atom is -0.491 e. The lowest BCUT2D eigenvalue weighted by Gasteiger charge is -2.18. The molecule has 4 rings (SSSR count). The summed E-state index contributed by atoms with van der Waals surface area (Å²) in [5, 5.41) is 9.62. The van der Waals surface area contributed by atoms with Gasteiger partial charge in [0.05, 0.1) is 29.2 Å². The second kappa shape index (κ2) is 14.4. The third-order valence-corrected chi connectivity index (χ3v) is 9.37. The molecule has 0 aliphatic rings. The standard InChI is InChI=1S/C31H26Cl2F3IO4S/c1-18(30(38)39)16-40-25-13-7-21(28(32)29(25)33)6-12-24(41-17-19-2-10-23(37)11-3-19)27-15-14-26(42-27)20-4-8-22(9-5-20)31(34,35)36/h2-5,7-11,13-15,18,24H,6,12,16-17H2,1H3,(H,38,39). The summed E-state index contributed by atoms with van der Waals surface area (Å²) in [5.41, 5.74) is 1.80. The van der Waals surface area contributed by atoms with Crippen LogP contribution in [-0.2, 0) is 28.7 Å². The van der Waals surface area contributed by atoms with E-state index < -0.39 is 23.6 Å². The summed E-state index contributed by atoms with van der Waals surface area (Å²) in [6, 6.07) is 20.4. The maximum atomic E-state index is 13.0. The highest BCUT2D eigenvalue weighted by Crippen LogP contribution is 2.39. The van der Waals surface area contributed by atoms with Crippen molar-refractivity contribution >= 4 is 63.1 Å². The number of rotatable bonds is 12. The van der Waals surface area contributed by atoms with Crippen molar-refractivity contribution in [2.24, 2.45) is 5.92 Å². The molecule has 0 aliphatic heterocycles. The van der Waals surface area contributed by atoms with Crippen molar-refractivity contribution < 1.29 is 32.5 Å². The molecule has 1 N–H and O–H groups in total. The minimum atomic E-state index is -4.39. The molecule has 0 spiro atoms. The van der Waals surface area contributed by atoms with Gasteiger partial charge in [0.2, 0.25) is 0 Å². The third-order valence-electron chi connectivity index (χ3n) is 6.52. The van der Waals surface area contributed by atoms with E-state index in [1.54, 1.807) is 12.1 Å².